The molecule has 3 aromatic rings. The van der Waals surface area contributed by atoms with Gasteiger partial charge < -0.3 is 9.47 Å². The molecule has 2 aromatic carbocycles. The topological polar surface area (TPSA) is 74.5 Å². The molecule has 0 aliphatic heterocycles. The van der Waals surface area contributed by atoms with E-state index in [-0.39, 0.29) is 5.69 Å². The molecule has 0 N–H and O–H groups in total. The van der Waals surface area contributed by atoms with Gasteiger partial charge in [0.15, 0.2) is 0 Å². The summed E-state index contributed by atoms with van der Waals surface area (Å²) in [5.41, 5.74) is 1.67. The molecule has 0 aliphatic carbocycles. The van der Waals surface area contributed by atoms with E-state index < -0.39 is 4.92 Å². The van der Waals surface area contributed by atoms with Gasteiger partial charge in [-0.15, -0.1) is 0 Å². The Morgan fingerprint density at radius 1 is 1.04 bits per heavy atom. The van der Waals surface area contributed by atoms with E-state index in [0.717, 1.165) is 0 Å². The average Bonchev–Trinajstić information content (AvgIpc) is 2.60. The highest BCUT2D eigenvalue weighted by molar-refractivity contribution is 5.91. The summed E-state index contributed by atoms with van der Waals surface area (Å²) in [6.45, 7) is 0. The molecular formula is C17H14N2O4. The minimum Gasteiger partial charge on any atom is -0.497 e. The van der Waals surface area contributed by atoms with Crippen LogP contribution in [0.1, 0.15) is 0 Å². The van der Waals surface area contributed by atoms with Gasteiger partial charge in [-0.05, 0) is 30.3 Å². The van der Waals surface area contributed by atoms with Crippen LogP contribution in [-0.4, -0.2) is 24.1 Å². The first kappa shape index (κ1) is 14.8. The Balaban J connectivity index is 2.30. The van der Waals surface area contributed by atoms with Crippen LogP contribution in [0.3, 0.4) is 0 Å². The summed E-state index contributed by atoms with van der Waals surface area (Å²) in [6, 6.07) is 13.7. The number of nitro groups is 1. The van der Waals surface area contributed by atoms with E-state index in [1.807, 2.05) is 0 Å². The molecule has 0 aliphatic rings. The van der Waals surface area contributed by atoms with Crippen molar-refractivity contribution in [2.24, 2.45) is 0 Å². The van der Waals surface area contributed by atoms with Gasteiger partial charge in [-0.3, -0.25) is 10.1 Å². The first-order valence-electron chi connectivity index (χ1n) is 6.90. The summed E-state index contributed by atoms with van der Waals surface area (Å²) in [7, 11) is 3.10. The number of fused-ring (bicyclic) bond motifs is 1. The van der Waals surface area contributed by atoms with Crippen LogP contribution >= 0.6 is 0 Å². The highest BCUT2D eigenvalue weighted by Crippen LogP contribution is 2.36. The minimum atomic E-state index is -0.403. The molecule has 116 valence electrons. The Morgan fingerprint density at radius 2 is 1.83 bits per heavy atom. The Bertz CT molecular complexity index is 893. The molecular weight excluding hydrogens is 296 g/mol. The van der Waals surface area contributed by atoms with Gasteiger partial charge in [-0.25, -0.2) is 4.98 Å². The van der Waals surface area contributed by atoms with Crippen LogP contribution in [0.15, 0.2) is 48.5 Å². The molecule has 0 bridgehead atoms. The highest BCUT2D eigenvalue weighted by atomic mass is 16.6. The van der Waals surface area contributed by atoms with Crippen LogP contribution in [0, 0.1) is 10.1 Å². The normalized spacial score (nSPS) is 10.5. The van der Waals surface area contributed by atoms with Crippen molar-refractivity contribution in [1.82, 2.24) is 4.98 Å². The lowest BCUT2D eigenvalue weighted by Gasteiger charge is -2.11. The molecule has 0 saturated heterocycles. The third-order valence-corrected chi connectivity index (χ3v) is 3.57. The Kier molecular flexibility index (Phi) is 3.80. The fourth-order valence-corrected chi connectivity index (χ4v) is 2.46. The zero-order valence-electron chi connectivity index (χ0n) is 12.6. The molecule has 1 aromatic heterocycles. The molecule has 0 unspecified atom stereocenters. The van der Waals surface area contributed by atoms with Gasteiger partial charge in [-0.1, -0.05) is 12.1 Å². The van der Waals surface area contributed by atoms with Crippen LogP contribution in [0.5, 0.6) is 11.5 Å². The fourth-order valence-electron chi connectivity index (χ4n) is 2.46. The van der Waals surface area contributed by atoms with E-state index in [4.69, 9.17) is 9.47 Å². The van der Waals surface area contributed by atoms with Gasteiger partial charge in [0.05, 0.1) is 35.7 Å². The van der Waals surface area contributed by atoms with Gasteiger partial charge in [0, 0.05) is 11.6 Å². The molecule has 6 nitrogen and oxygen atoms in total. The maximum atomic E-state index is 11.4. The van der Waals surface area contributed by atoms with Crippen LogP contribution in [0.25, 0.3) is 22.2 Å². The monoisotopic (exact) mass is 310 g/mol. The van der Waals surface area contributed by atoms with E-state index in [9.17, 15) is 10.1 Å². The number of para-hydroxylation sites is 1. The van der Waals surface area contributed by atoms with E-state index in [1.165, 1.54) is 6.07 Å². The number of nitrogens with zero attached hydrogens (tertiary/aromatic N) is 2. The van der Waals surface area contributed by atoms with Gasteiger partial charge in [0.2, 0.25) is 0 Å². The van der Waals surface area contributed by atoms with Crippen LogP contribution in [0.4, 0.5) is 5.69 Å². The minimum absolute atomic E-state index is 0.00970. The number of hydrogen-bond donors (Lipinski definition) is 0. The molecule has 1 heterocycles. The largest absolute Gasteiger partial charge is 0.497 e. The van der Waals surface area contributed by atoms with Crippen molar-refractivity contribution in [3.05, 3.63) is 58.6 Å². The van der Waals surface area contributed by atoms with Crippen LogP contribution < -0.4 is 9.47 Å². The SMILES string of the molecule is COc1ccc(OC)c(-c2cc([N+](=O)[O-])c3ccccc3n2)c1. The molecule has 0 fully saturated rings. The second kappa shape index (κ2) is 5.92. The molecule has 3 rings (SSSR count). The molecule has 6 heteroatoms. The number of pyridine rings is 1. The maximum Gasteiger partial charge on any atom is 0.280 e. The molecule has 0 saturated carbocycles. The van der Waals surface area contributed by atoms with Crippen molar-refractivity contribution < 1.29 is 14.4 Å². The number of methoxy groups -OCH3 is 2. The van der Waals surface area contributed by atoms with Crippen LogP contribution in [0.2, 0.25) is 0 Å². The van der Waals surface area contributed by atoms with E-state index in [0.29, 0.717) is 33.7 Å². The van der Waals surface area contributed by atoms with Crippen molar-refractivity contribution in [3.8, 4) is 22.8 Å². The Labute approximate surface area is 132 Å². The molecule has 23 heavy (non-hydrogen) atoms. The third-order valence-electron chi connectivity index (χ3n) is 3.57. The first-order valence-corrected chi connectivity index (χ1v) is 6.90. The molecule has 0 amide bonds. The molecule has 0 spiro atoms. The van der Waals surface area contributed by atoms with E-state index in [1.54, 1.807) is 56.7 Å². The summed E-state index contributed by atoms with van der Waals surface area (Å²) in [5, 5.41) is 11.9. The van der Waals surface area contributed by atoms with E-state index in [2.05, 4.69) is 4.98 Å². The van der Waals surface area contributed by atoms with Gasteiger partial charge >= 0.3 is 0 Å². The third kappa shape index (κ3) is 2.66. The van der Waals surface area contributed by atoms with Crippen molar-refractivity contribution in [3.63, 3.8) is 0 Å². The summed E-state index contributed by atoms with van der Waals surface area (Å²) < 4.78 is 10.6. The standard InChI is InChI=1S/C17H14N2O4/c1-22-11-7-8-17(23-2)13(9-11)15-10-16(19(20)21)12-5-3-4-6-14(12)18-15/h3-10H,1-2H3. The summed E-state index contributed by atoms with van der Waals surface area (Å²) >= 11 is 0. The second-order valence-corrected chi connectivity index (χ2v) is 4.87. The van der Waals surface area contributed by atoms with Gasteiger partial charge in [-0.2, -0.15) is 0 Å². The lowest BCUT2D eigenvalue weighted by Crippen LogP contribution is -1.96. The summed E-state index contributed by atoms with van der Waals surface area (Å²) in [4.78, 5) is 15.5. The predicted octanol–water partition coefficient (Wildman–Crippen LogP) is 3.83. The lowest BCUT2D eigenvalue weighted by molar-refractivity contribution is -0.383. The number of benzene rings is 2. The summed E-state index contributed by atoms with van der Waals surface area (Å²) in [5.74, 6) is 1.20. The quantitative estimate of drug-likeness (QED) is 0.541. The second-order valence-electron chi connectivity index (χ2n) is 4.87. The number of hydrogen-bond acceptors (Lipinski definition) is 5. The Hall–Kier alpha value is -3.15. The maximum absolute atomic E-state index is 11.4. The lowest BCUT2D eigenvalue weighted by atomic mass is 10.1. The molecule has 0 atom stereocenters. The number of aromatic nitrogens is 1. The van der Waals surface area contributed by atoms with E-state index >= 15 is 0 Å². The van der Waals surface area contributed by atoms with Gasteiger partial charge in [0.25, 0.3) is 5.69 Å². The van der Waals surface area contributed by atoms with Crippen molar-refractivity contribution >= 4 is 16.6 Å². The van der Waals surface area contributed by atoms with Crippen molar-refractivity contribution in [1.29, 1.82) is 0 Å². The zero-order valence-corrected chi connectivity index (χ0v) is 12.6. The predicted molar refractivity (Wildman–Crippen MR) is 86.9 cm³/mol. The Morgan fingerprint density at radius 3 is 2.52 bits per heavy atom. The fraction of sp³-hybridized carbons (Fsp3) is 0.118. The smallest absolute Gasteiger partial charge is 0.280 e. The number of rotatable bonds is 4. The average molecular weight is 310 g/mol. The van der Waals surface area contributed by atoms with Gasteiger partial charge in [0.1, 0.15) is 11.5 Å². The van der Waals surface area contributed by atoms with Crippen molar-refractivity contribution in [2.45, 2.75) is 0 Å². The number of ether oxygens (including phenoxy) is 2. The molecule has 0 radical (unpaired) electrons. The zero-order chi connectivity index (χ0) is 16.4. The summed E-state index contributed by atoms with van der Waals surface area (Å²) in [6.07, 6.45) is 0. The van der Waals surface area contributed by atoms with Crippen LogP contribution in [-0.2, 0) is 0 Å². The highest BCUT2D eigenvalue weighted by Gasteiger charge is 2.18. The first-order chi connectivity index (χ1) is 11.1. The van der Waals surface area contributed by atoms with Crippen molar-refractivity contribution in [2.75, 3.05) is 14.2 Å².